The third-order valence-corrected chi connectivity index (χ3v) is 2.95. The molecule has 0 radical (unpaired) electrons. The van der Waals surface area contributed by atoms with E-state index in [2.05, 4.69) is 15.6 Å². The van der Waals surface area contributed by atoms with Gasteiger partial charge in [-0.15, -0.1) is 0 Å². The molecule has 2 amide bonds. The summed E-state index contributed by atoms with van der Waals surface area (Å²) in [5, 5.41) is 14.3. The van der Waals surface area contributed by atoms with Gasteiger partial charge in [0.1, 0.15) is 0 Å². The second-order valence-corrected chi connectivity index (χ2v) is 4.72. The van der Waals surface area contributed by atoms with Crippen molar-refractivity contribution < 1.29 is 14.7 Å². The minimum atomic E-state index is -0.126. The van der Waals surface area contributed by atoms with Gasteiger partial charge in [0.2, 0.25) is 11.8 Å². The van der Waals surface area contributed by atoms with Crippen molar-refractivity contribution in [3.8, 4) is 0 Å². The fraction of sp³-hybridized carbons (Fsp3) is 0.700. The topological polar surface area (TPSA) is 90.8 Å². The first-order chi connectivity index (χ1) is 8.11. The standard InChI is InChI=1S/C10H17N3O3S/c1-7-5-8(15)13-10(12-7)17-6-9(16)11-3-2-4-14/h7,14H,2-6H2,1H3,(H,11,16)(H,12,13,15)/t7-/m1/s1. The molecule has 17 heavy (non-hydrogen) atoms. The van der Waals surface area contributed by atoms with E-state index in [0.29, 0.717) is 24.6 Å². The Kier molecular flexibility index (Phi) is 5.99. The third-order valence-electron chi connectivity index (χ3n) is 2.06. The number of hydrogen-bond donors (Lipinski definition) is 3. The maximum atomic E-state index is 11.3. The second kappa shape index (κ2) is 7.29. The average molecular weight is 259 g/mol. The first-order valence-electron chi connectivity index (χ1n) is 5.50. The summed E-state index contributed by atoms with van der Waals surface area (Å²) in [6.07, 6.45) is 0.942. The maximum Gasteiger partial charge on any atom is 0.230 e. The lowest BCUT2D eigenvalue weighted by Gasteiger charge is -2.17. The molecule has 0 spiro atoms. The summed E-state index contributed by atoms with van der Waals surface area (Å²) >= 11 is 1.21. The van der Waals surface area contributed by atoms with Crippen molar-refractivity contribution in [1.29, 1.82) is 0 Å². The molecular weight excluding hydrogens is 242 g/mol. The van der Waals surface area contributed by atoms with E-state index in [9.17, 15) is 9.59 Å². The molecule has 1 aliphatic rings. The molecule has 1 atom stereocenters. The van der Waals surface area contributed by atoms with Crippen molar-refractivity contribution >= 4 is 28.7 Å². The van der Waals surface area contributed by atoms with Gasteiger partial charge in [0.15, 0.2) is 5.17 Å². The van der Waals surface area contributed by atoms with Gasteiger partial charge in [0.25, 0.3) is 0 Å². The summed E-state index contributed by atoms with van der Waals surface area (Å²) in [6, 6.07) is -0.0244. The first kappa shape index (κ1) is 14.0. The van der Waals surface area contributed by atoms with Crippen molar-refractivity contribution in [2.45, 2.75) is 25.8 Å². The molecule has 0 fully saturated rings. The van der Waals surface area contributed by atoms with Gasteiger partial charge in [0, 0.05) is 19.6 Å². The van der Waals surface area contributed by atoms with Crippen LogP contribution in [0.5, 0.6) is 0 Å². The number of amidine groups is 1. The Hall–Kier alpha value is -1.08. The number of carbonyl (C=O) groups is 2. The van der Waals surface area contributed by atoms with Gasteiger partial charge in [-0.3, -0.25) is 14.6 Å². The average Bonchev–Trinajstić information content (AvgIpc) is 2.25. The molecule has 96 valence electrons. The Morgan fingerprint density at radius 3 is 3.12 bits per heavy atom. The summed E-state index contributed by atoms with van der Waals surface area (Å²) in [5.74, 6) is 0.0337. The molecular formula is C10H17N3O3S. The number of thioether (sulfide) groups is 1. The number of nitrogens with one attached hydrogen (secondary N) is 2. The van der Waals surface area contributed by atoms with Crippen LogP contribution in [0.1, 0.15) is 19.8 Å². The zero-order valence-electron chi connectivity index (χ0n) is 9.73. The fourth-order valence-corrected chi connectivity index (χ4v) is 2.09. The number of nitrogens with zero attached hydrogens (tertiary/aromatic N) is 1. The zero-order valence-corrected chi connectivity index (χ0v) is 10.5. The quantitative estimate of drug-likeness (QED) is 0.580. The van der Waals surface area contributed by atoms with Gasteiger partial charge in [0.05, 0.1) is 11.8 Å². The normalized spacial score (nSPS) is 19.5. The Bertz CT molecular complexity index is 320. The number of hydrogen-bond acceptors (Lipinski definition) is 5. The Morgan fingerprint density at radius 1 is 1.71 bits per heavy atom. The lowest BCUT2D eigenvalue weighted by atomic mass is 10.2. The minimum Gasteiger partial charge on any atom is -0.396 e. The van der Waals surface area contributed by atoms with Gasteiger partial charge in [-0.05, 0) is 13.3 Å². The highest BCUT2D eigenvalue weighted by Crippen LogP contribution is 2.10. The Balaban J connectivity index is 2.25. The molecule has 0 saturated heterocycles. The second-order valence-electron chi connectivity index (χ2n) is 3.75. The lowest BCUT2D eigenvalue weighted by molar-refractivity contribution is -0.120. The van der Waals surface area contributed by atoms with Gasteiger partial charge >= 0.3 is 0 Å². The molecule has 1 heterocycles. The molecule has 1 rings (SSSR count). The van der Waals surface area contributed by atoms with Crippen LogP contribution in [0.3, 0.4) is 0 Å². The van der Waals surface area contributed by atoms with Crippen LogP contribution < -0.4 is 10.6 Å². The number of amides is 2. The highest BCUT2D eigenvalue weighted by molar-refractivity contribution is 8.14. The molecule has 0 saturated carbocycles. The van der Waals surface area contributed by atoms with E-state index < -0.39 is 0 Å². The van der Waals surface area contributed by atoms with E-state index in [1.54, 1.807) is 0 Å². The highest BCUT2D eigenvalue weighted by Gasteiger charge is 2.18. The first-order valence-corrected chi connectivity index (χ1v) is 6.48. The molecule has 0 aromatic carbocycles. The van der Waals surface area contributed by atoms with Crippen LogP contribution in [0.15, 0.2) is 4.99 Å². The SMILES string of the molecule is C[C@@H]1CC(=O)NC(SCC(=O)NCCCO)=N1. The summed E-state index contributed by atoms with van der Waals surface area (Å²) in [7, 11) is 0. The van der Waals surface area contributed by atoms with Crippen LogP contribution in [-0.4, -0.2) is 47.0 Å². The van der Waals surface area contributed by atoms with Crippen LogP contribution in [0.2, 0.25) is 0 Å². The number of aliphatic hydroxyl groups is 1. The molecule has 0 bridgehead atoms. The largest absolute Gasteiger partial charge is 0.396 e. The van der Waals surface area contributed by atoms with Gasteiger partial charge in [-0.25, -0.2) is 0 Å². The van der Waals surface area contributed by atoms with Gasteiger partial charge < -0.3 is 15.7 Å². The summed E-state index contributed by atoms with van der Waals surface area (Å²) in [5.41, 5.74) is 0. The van der Waals surface area contributed by atoms with E-state index in [0.717, 1.165) is 0 Å². The summed E-state index contributed by atoms with van der Waals surface area (Å²) in [6.45, 7) is 2.39. The predicted molar refractivity (Wildman–Crippen MR) is 66.8 cm³/mol. The van der Waals surface area contributed by atoms with Crippen molar-refractivity contribution in [3.63, 3.8) is 0 Å². The number of aliphatic hydroxyl groups excluding tert-OH is 1. The van der Waals surface area contributed by atoms with E-state index in [4.69, 9.17) is 5.11 Å². The van der Waals surface area contributed by atoms with Crippen LogP contribution in [0.4, 0.5) is 0 Å². The number of aliphatic imine (C=N–C) groups is 1. The molecule has 0 aliphatic carbocycles. The van der Waals surface area contributed by atoms with Crippen LogP contribution in [-0.2, 0) is 9.59 Å². The summed E-state index contributed by atoms with van der Waals surface area (Å²) < 4.78 is 0. The van der Waals surface area contributed by atoms with Crippen LogP contribution >= 0.6 is 11.8 Å². The van der Waals surface area contributed by atoms with Gasteiger partial charge in [-0.1, -0.05) is 11.8 Å². The molecule has 7 heteroatoms. The lowest BCUT2D eigenvalue weighted by Crippen LogP contribution is -2.37. The maximum absolute atomic E-state index is 11.3. The molecule has 0 aromatic heterocycles. The van der Waals surface area contributed by atoms with Crippen LogP contribution in [0, 0.1) is 0 Å². The van der Waals surface area contributed by atoms with Crippen molar-refractivity contribution in [1.82, 2.24) is 10.6 Å². The van der Waals surface area contributed by atoms with Crippen molar-refractivity contribution in [2.24, 2.45) is 4.99 Å². The summed E-state index contributed by atoms with van der Waals surface area (Å²) in [4.78, 5) is 26.8. The zero-order chi connectivity index (χ0) is 12.7. The fourth-order valence-electron chi connectivity index (χ4n) is 1.28. The molecule has 3 N–H and O–H groups in total. The third kappa shape index (κ3) is 5.69. The van der Waals surface area contributed by atoms with Gasteiger partial charge in [-0.2, -0.15) is 0 Å². The monoisotopic (exact) mass is 259 g/mol. The van der Waals surface area contributed by atoms with E-state index >= 15 is 0 Å². The van der Waals surface area contributed by atoms with E-state index in [1.807, 2.05) is 6.92 Å². The molecule has 0 aromatic rings. The molecule has 1 aliphatic heterocycles. The number of carbonyl (C=O) groups excluding carboxylic acids is 2. The van der Waals surface area contributed by atoms with E-state index in [-0.39, 0.29) is 30.2 Å². The minimum absolute atomic E-state index is 0.0244. The highest BCUT2D eigenvalue weighted by atomic mass is 32.2. The van der Waals surface area contributed by atoms with Crippen LogP contribution in [0.25, 0.3) is 0 Å². The number of rotatable bonds is 5. The Morgan fingerprint density at radius 2 is 2.47 bits per heavy atom. The smallest absolute Gasteiger partial charge is 0.230 e. The molecule has 0 unspecified atom stereocenters. The van der Waals surface area contributed by atoms with E-state index in [1.165, 1.54) is 11.8 Å². The molecule has 6 nitrogen and oxygen atoms in total. The Labute approximate surface area is 104 Å². The van der Waals surface area contributed by atoms with Crippen molar-refractivity contribution in [3.05, 3.63) is 0 Å². The predicted octanol–water partition coefficient (Wildman–Crippen LogP) is -0.517. The van der Waals surface area contributed by atoms with Crippen molar-refractivity contribution in [2.75, 3.05) is 18.9 Å².